The Hall–Kier alpha value is -1.88. The van der Waals surface area contributed by atoms with Crippen LogP contribution in [0.5, 0.6) is 0 Å². The van der Waals surface area contributed by atoms with Gasteiger partial charge in [-0.3, -0.25) is 15.6 Å². The fourth-order valence-corrected chi connectivity index (χ4v) is 3.51. The standard InChI is InChI=1S/C17H21N3OS/c1-9-5-6-10(2)13(7-9)8-22-16(19)14-11(3)12(4)17(21)20-15(14)18/h5-7,14,19H,8H2,1-4H3,(H2,18,20,21). The molecular formula is C17H21N3OS. The summed E-state index contributed by atoms with van der Waals surface area (Å²) < 4.78 is 0. The van der Waals surface area contributed by atoms with E-state index < -0.39 is 5.92 Å². The van der Waals surface area contributed by atoms with Crippen LogP contribution in [0.25, 0.3) is 0 Å². The first kappa shape index (κ1) is 16.5. The molecular weight excluding hydrogens is 294 g/mol. The second-order valence-corrected chi connectivity index (χ2v) is 6.71. The van der Waals surface area contributed by atoms with Crippen LogP contribution in [-0.4, -0.2) is 16.8 Å². The first-order valence-corrected chi connectivity index (χ1v) is 8.14. The fourth-order valence-electron chi connectivity index (χ4n) is 2.42. The summed E-state index contributed by atoms with van der Waals surface area (Å²) in [6.07, 6.45) is 0. The van der Waals surface area contributed by atoms with Gasteiger partial charge in [-0.1, -0.05) is 23.8 Å². The Bertz CT molecular complexity index is 691. The van der Waals surface area contributed by atoms with Gasteiger partial charge in [0.2, 0.25) is 0 Å². The maximum atomic E-state index is 11.7. The molecule has 0 aromatic heterocycles. The zero-order valence-corrected chi connectivity index (χ0v) is 14.1. The second-order valence-electron chi connectivity index (χ2n) is 5.69. The Morgan fingerprint density at radius 3 is 2.64 bits per heavy atom. The van der Waals surface area contributed by atoms with Crippen LogP contribution in [0.15, 0.2) is 29.3 Å². The molecule has 0 saturated heterocycles. The smallest absolute Gasteiger partial charge is 0.252 e. The molecule has 5 heteroatoms. The molecule has 2 rings (SSSR count). The molecule has 116 valence electrons. The monoisotopic (exact) mass is 315 g/mol. The van der Waals surface area contributed by atoms with E-state index in [1.807, 2.05) is 6.92 Å². The number of amides is 1. The summed E-state index contributed by atoms with van der Waals surface area (Å²) in [6.45, 7) is 7.70. The minimum absolute atomic E-state index is 0.103. The molecule has 0 fully saturated rings. The normalized spacial score (nSPS) is 18.5. The molecule has 1 atom stereocenters. The lowest BCUT2D eigenvalue weighted by atomic mass is 9.92. The van der Waals surface area contributed by atoms with E-state index >= 15 is 0 Å². The third-order valence-corrected chi connectivity index (χ3v) is 5.05. The van der Waals surface area contributed by atoms with E-state index in [-0.39, 0.29) is 11.7 Å². The summed E-state index contributed by atoms with van der Waals surface area (Å²) in [5, 5.41) is 19.2. The highest BCUT2D eigenvalue weighted by molar-refractivity contribution is 8.13. The zero-order chi connectivity index (χ0) is 16.4. The van der Waals surface area contributed by atoms with Crippen molar-refractivity contribution in [2.24, 2.45) is 5.92 Å². The largest absolute Gasteiger partial charge is 0.310 e. The van der Waals surface area contributed by atoms with Gasteiger partial charge in [0.15, 0.2) is 0 Å². The molecule has 0 aliphatic carbocycles. The van der Waals surface area contributed by atoms with Crippen LogP contribution in [0.2, 0.25) is 0 Å². The van der Waals surface area contributed by atoms with Crippen LogP contribution in [0.3, 0.4) is 0 Å². The van der Waals surface area contributed by atoms with Crippen LogP contribution in [0.4, 0.5) is 0 Å². The number of carbonyl (C=O) groups excluding carboxylic acids is 1. The molecule has 3 N–H and O–H groups in total. The van der Waals surface area contributed by atoms with Gasteiger partial charge in [-0.05, 0) is 44.4 Å². The van der Waals surface area contributed by atoms with Crippen LogP contribution in [0.1, 0.15) is 30.5 Å². The van der Waals surface area contributed by atoms with Gasteiger partial charge in [-0.15, -0.1) is 11.8 Å². The summed E-state index contributed by atoms with van der Waals surface area (Å²) in [7, 11) is 0. The number of aryl methyl sites for hydroxylation is 2. The molecule has 1 amide bonds. The topological polar surface area (TPSA) is 76.8 Å². The van der Waals surface area contributed by atoms with E-state index in [2.05, 4.69) is 37.4 Å². The summed E-state index contributed by atoms with van der Waals surface area (Å²) in [6, 6.07) is 6.31. The molecule has 22 heavy (non-hydrogen) atoms. The molecule has 0 spiro atoms. The number of benzene rings is 1. The molecule has 0 radical (unpaired) electrons. The Balaban J connectivity index is 2.14. The van der Waals surface area contributed by atoms with E-state index in [4.69, 9.17) is 10.8 Å². The lowest BCUT2D eigenvalue weighted by Crippen LogP contribution is -2.43. The number of hydrogen-bond acceptors (Lipinski definition) is 4. The maximum Gasteiger partial charge on any atom is 0.252 e. The van der Waals surface area contributed by atoms with Crippen molar-refractivity contribution in [1.29, 1.82) is 10.8 Å². The molecule has 4 nitrogen and oxygen atoms in total. The number of hydrogen-bond donors (Lipinski definition) is 3. The molecule has 0 bridgehead atoms. The lowest BCUT2D eigenvalue weighted by molar-refractivity contribution is -0.116. The molecule has 1 aliphatic rings. The van der Waals surface area contributed by atoms with Crippen molar-refractivity contribution in [3.05, 3.63) is 46.0 Å². The van der Waals surface area contributed by atoms with Crippen LogP contribution >= 0.6 is 11.8 Å². The highest BCUT2D eigenvalue weighted by atomic mass is 32.2. The fraction of sp³-hybridized carbons (Fsp3) is 0.353. The third kappa shape index (κ3) is 3.30. The number of nitrogens with one attached hydrogen (secondary N) is 3. The molecule has 1 heterocycles. The van der Waals surface area contributed by atoms with Gasteiger partial charge in [0.05, 0.1) is 11.0 Å². The van der Waals surface area contributed by atoms with E-state index in [1.165, 1.54) is 28.5 Å². The molecule has 1 unspecified atom stereocenters. The predicted molar refractivity (Wildman–Crippen MR) is 92.7 cm³/mol. The molecule has 1 aromatic carbocycles. The Morgan fingerprint density at radius 1 is 1.27 bits per heavy atom. The van der Waals surface area contributed by atoms with Gasteiger partial charge in [-0.2, -0.15) is 0 Å². The van der Waals surface area contributed by atoms with Gasteiger partial charge in [-0.25, -0.2) is 0 Å². The van der Waals surface area contributed by atoms with E-state index in [0.29, 0.717) is 16.4 Å². The average Bonchev–Trinajstić information content (AvgIpc) is 2.46. The van der Waals surface area contributed by atoms with Crippen molar-refractivity contribution >= 4 is 28.5 Å². The Labute approximate surface area is 135 Å². The van der Waals surface area contributed by atoms with E-state index in [9.17, 15) is 4.79 Å². The van der Waals surface area contributed by atoms with Crippen molar-refractivity contribution in [3.63, 3.8) is 0 Å². The highest BCUT2D eigenvalue weighted by Gasteiger charge is 2.31. The number of carbonyl (C=O) groups is 1. The summed E-state index contributed by atoms with van der Waals surface area (Å²) in [5.41, 5.74) is 5.03. The third-order valence-electron chi connectivity index (χ3n) is 4.05. The van der Waals surface area contributed by atoms with Gasteiger partial charge >= 0.3 is 0 Å². The number of thioether (sulfide) groups is 1. The van der Waals surface area contributed by atoms with Crippen LogP contribution < -0.4 is 5.32 Å². The lowest BCUT2D eigenvalue weighted by Gasteiger charge is -2.26. The first-order chi connectivity index (χ1) is 10.3. The van der Waals surface area contributed by atoms with E-state index in [0.717, 1.165) is 5.57 Å². The quantitative estimate of drug-likeness (QED) is 0.589. The molecule has 1 aliphatic heterocycles. The van der Waals surface area contributed by atoms with Gasteiger partial charge in [0.1, 0.15) is 5.84 Å². The van der Waals surface area contributed by atoms with Crippen LogP contribution in [-0.2, 0) is 10.5 Å². The van der Waals surface area contributed by atoms with Crippen molar-refractivity contribution < 1.29 is 4.79 Å². The zero-order valence-electron chi connectivity index (χ0n) is 13.3. The summed E-state index contributed by atoms with van der Waals surface area (Å²) in [5.74, 6) is 0.154. The van der Waals surface area contributed by atoms with Gasteiger partial charge in [0, 0.05) is 11.3 Å². The number of amidine groups is 1. The molecule has 1 aromatic rings. The Kier molecular flexibility index (Phi) is 4.86. The Morgan fingerprint density at radius 2 is 1.95 bits per heavy atom. The molecule has 0 saturated carbocycles. The van der Waals surface area contributed by atoms with Crippen molar-refractivity contribution in [3.8, 4) is 0 Å². The maximum absolute atomic E-state index is 11.7. The summed E-state index contributed by atoms with van der Waals surface area (Å²) in [4.78, 5) is 11.7. The van der Waals surface area contributed by atoms with Gasteiger partial charge in [0.25, 0.3) is 5.91 Å². The highest BCUT2D eigenvalue weighted by Crippen LogP contribution is 2.28. The average molecular weight is 315 g/mol. The first-order valence-electron chi connectivity index (χ1n) is 7.15. The van der Waals surface area contributed by atoms with Gasteiger partial charge < -0.3 is 5.32 Å². The SMILES string of the molecule is CC1=C(C)C(C(=N)SCc2cc(C)ccc2C)C(=N)NC1=O. The minimum atomic E-state index is -0.423. The second kappa shape index (κ2) is 6.48. The predicted octanol–water partition coefficient (Wildman–Crippen LogP) is 3.57. The van der Waals surface area contributed by atoms with E-state index in [1.54, 1.807) is 6.92 Å². The number of rotatable bonds is 3. The van der Waals surface area contributed by atoms with Crippen molar-refractivity contribution in [2.45, 2.75) is 33.4 Å². The van der Waals surface area contributed by atoms with Crippen LogP contribution in [0, 0.1) is 30.6 Å². The summed E-state index contributed by atoms with van der Waals surface area (Å²) >= 11 is 1.43. The minimum Gasteiger partial charge on any atom is -0.310 e. The van der Waals surface area contributed by atoms with Crippen molar-refractivity contribution in [1.82, 2.24) is 5.32 Å². The van der Waals surface area contributed by atoms with Crippen molar-refractivity contribution in [2.75, 3.05) is 0 Å².